The lowest BCUT2D eigenvalue weighted by Gasteiger charge is -2.14. The van der Waals surface area contributed by atoms with Gasteiger partial charge in [0, 0.05) is 4.47 Å². The van der Waals surface area contributed by atoms with E-state index in [2.05, 4.69) is 15.9 Å². The quantitative estimate of drug-likeness (QED) is 0.802. The van der Waals surface area contributed by atoms with E-state index < -0.39 is 13.0 Å². The maximum absolute atomic E-state index is 12.0. The number of ether oxygens (including phenoxy) is 1. The minimum Gasteiger partial charge on any atom is -0.487 e. The molecular formula is C11H13BrF2O. The maximum atomic E-state index is 12.0. The van der Waals surface area contributed by atoms with Crippen molar-refractivity contribution in [1.82, 2.24) is 0 Å². The first-order valence-electron chi connectivity index (χ1n) is 4.71. The van der Waals surface area contributed by atoms with Crippen molar-refractivity contribution in [3.05, 3.63) is 28.2 Å². The summed E-state index contributed by atoms with van der Waals surface area (Å²) in [7, 11) is 0. The molecule has 0 aliphatic heterocycles. The number of rotatable bonds is 4. The highest BCUT2D eigenvalue weighted by molar-refractivity contribution is 9.10. The SMILES string of the molecule is CC(C)c1cc(Br)ccc1OCC(F)F. The highest BCUT2D eigenvalue weighted by Crippen LogP contribution is 2.29. The number of hydrogen-bond donors (Lipinski definition) is 0. The smallest absolute Gasteiger partial charge is 0.272 e. The number of benzene rings is 1. The molecule has 0 aliphatic rings. The average molecular weight is 279 g/mol. The summed E-state index contributed by atoms with van der Waals surface area (Å²) in [6, 6.07) is 5.39. The summed E-state index contributed by atoms with van der Waals surface area (Å²) in [5.41, 5.74) is 0.935. The number of alkyl halides is 2. The molecule has 0 saturated heterocycles. The second-order valence-corrected chi connectivity index (χ2v) is 4.45. The highest BCUT2D eigenvalue weighted by atomic mass is 79.9. The standard InChI is InChI=1S/C11H13BrF2O/c1-7(2)9-5-8(12)3-4-10(9)15-6-11(13)14/h3-5,7,11H,6H2,1-2H3. The molecule has 0 unspecified atom stereocenters. The van der Waals surface area contributed by atoms with E-state index in [4.69, 9.17) is 4.74 Å². The van der Waals surface area contributed by atoms with E-state index in [1.165, 1.54) is 0 Å². The molecule has 0 fully saturated rings. The fraction of sp³-hybridized carbons (Fsp3) is 0.455. The third-order valence-corrected chi connectivity index (χ3v) is 2.45. The second-order valence-electron chi connectivity index (χ2n) is 3.54. The zero-order valence-corrected chi connectivity index (χ0v) is 10.2. The second kappa shape index (κ2) is 5.45. The highest BCUT2D eigenvalue weighted by Gasteiger charge is 2.10. The number of halogens is 3. The molecule has 0 heterocycles. The molecule has 0 aromatic heterocycles. The topological polar surface area (TPSA) is 9.23 Å². The summed E-state index contributed by atoms with van der Waals surface area (Å²) in [5.74, 6) is 0.781. The van der Waals surface area contributed by atoms with Gasteiger partial charge in [0.25, 0.3) is 6.43 Å². The van der Waals surface area contributed by atoms with E-state index in [0.29, 0.717) is 5.75 Å². The van der Waals surface area contributed by atoms with Gasteiger partial charge in [-0.25, -0.2) is 8.78 Å². The van der Waals surface area contributed by atoms with Crippen LogP contribution in [0.5, 0.6) is 5.75 Å². The van der Waals surface area contributed by atoms with Gasteiger partial charge in [0.1, 0.15) is 12.4 Å². The van der Waals surface area contributed by atoms with Crippen LogP contribution in [0.4, 0.5) is 8.78 Å². The van der Waals surface area contributed by atoms with Crippen molar-refractivity contribution >= 4 is 15.9 Å². The summed E-state index contributed by atoms with van der Waals surface area (Å²) in [6.07, 6.45) is -2.44. The molecule has 1 aromatic rings. The van der Waals surface area contributed by atoms with Crippen LogP contribution in [0.3, 0.4) is 0 Å². The van der Waals surface area contributed by atoms with Gasteiger partial charge in [0.2, 0.25) is 0 Å². The van der Waals surface area contributed by atoms with Gasteiger partial charge in [-0.1, -0.05) is 29.8 Å². The molecule has 0 atom stereocenters. The molecule has 0 saturated carbocycles. The molecule has 1 aromatic carbocycles. The van der Waals surface area contributed by atoms with Gasteiger partial charge in [-0.15, -0.1) is 0 Å². The fourth-order valence-electron chi connectivity index (χ4n) is 1.25. The molecule has 0 aliphatic carbocycles. The monoisotopic (exact) mass is 278 g/mol. The van der Waals surface area contributed by atoms with E-state index >= 15 is 0 Å². The zero-order valence-electron chi connectivity index (χ0n) is 8.64. The Balaban J connectivity index is 2.86. The van der Waals surface area contributed by atoms with Gasteiger partial charge >= 0.3 is 0 Å². The lowest BCUT2D eigenvalue weighted by Crippen LogP contribution is -2.08. The van der Waals surface area contributed by atoms with Crippen molar-refractivity contribution < 1.29 is 13.5 Å². The van der Waals surface area contributed by atoms with Crippen LogP contribution in [0.25, 0.3) is 0 Å². The van der Waals surface area contributed by atoms with Crippen molar-refractivity contribution in [1.29, 1.82) is 0 Å². The first kappa shape index (κ1) is 12.4. The minimum atomic E-state index is -2.44. The van der Waals surface area contributed by atoms with Gasteiger partial charge in [-0.3, -0.25) is 0 Å². The first-order chi connectivity index (χ1) is 7.00. The molecule has 0 amide bonds. The molecular weight excluding hydrogens is 266 g/mol. The summed E-state index contributed by atoms with van der Waals surface area (Å²) >= 11 is 3.34. The summed E-state index contributed by atoms with van der Waals surface area (Å²) in [4.78, 5) is 0. The Bertz CT molecular complexity index is 326. The maximum Gasteiger partial charge on any atom is 0.272 e. The van der Waals surface area contributed by atoms with Crippen LogP contribution in [0, 0.1) is 0 Å². The van der Waals surface area contributed by atoms with Crippen molar-refractivity contribution in [2.24, 2.45) is 0 Å². The van der Waals surface area contributed by atoms with Crippen LogP contribution >= 0.6 is 15.9 Å². The average Bonchev–Trinajstić information content (AvgIpc) is 2.15. The molecule has 0 radical (unpaired) electrons. The van der Waals surface area contributed by atoms with Crippen LogP contribution in [0.15, 0.2) is 22.7 Å². The lowest BCUT2D eigenvalue weighted by molar-refractivity contribution is 0.0813. The molecule has 84 valence electrons. The molecule has 4 heteroatoms. The van der Waals surface area contributed by atoms with Crippen LogP contribution in [-0.2, 0) is 0 Å². The summed E-state index contributed by atoms with van der Waals surface area (Å²) < 4.78 is 30.0. The third kappa shape index (κ3) is 3.78. The van der Waals surface area contributed by atoms with Gasteiger partial charge in [0.15, 0.2) is 0 Å². The van der Waals surface area contributed by atoms with Crippen LogP contribution < -0.4 is 4.74 Å². The Morgan fingerprint density at radius 2 is 2.00 bits per heavy atom. The molecule has 0 bridgehead atoms. The summed E-state index contributed by atoms with van der Waals surface area (Å²) in [5, 5.41) is 0. The van der Waals surface area contributed by atoms with E-state index in [0.717, 1.165) is 10.0 Å². The Morgan fingerprint density at radius 3 is 2.53 bits per heavy atom. The van der Waals surface area contributed by atoms with Gasteiger partial charge < -0.3 is 4.74 Å². The molecule has 0 N–H and O–H groups in total. The predicted octanol–water partition coefficient (Wildman–Crippen LogP) is 4.22. The normalized spacial score (nSPS) is 11.1. The number of hydrogen-bond acceptors (Lipinski definition) is 1. The van der Waals surface area contributed by atoms with Crippen molar-refractivity contribution in [2.75, 3.05) is 6.61 Å². The van der Waals surface area contributed by atoms with Crippen molar-refractivity contribution in [3.8, 4) is 5.75 Å². The van der Waals surface area contributed by atoms with E-state index in [1.54, 1.807) is 12.1 Å². The fourth-order valence-corrected chi connectivity index (χ4v) is 1.63. The Kier molecular flexibility index (Phi) is 4.51. The Morgan fingerprint density at radius 1 is 1.33 bits per heavy atom. The molecule has 15 heavy (non-hydrogen) atoms. The van der Waals surface area contributed by atoms with Crippen molar-refractivity contribution in [3.63, 3.8) is 0 Å². The predicted molar refractivity (Wildman–Crippen MR) is 59.7 cm³/mol. The van der Waals surface area contributed by atoms with Gasteiger partial charge in [-0.05, 0) is 29.7 Å². The minimum absolute atomic E-state index is 0.246. The van der Waals surface area contributed by atoms with Crippen LogP contribution in [0.1, 0.15) is 25.3 Å². The Labute approximate surface area is 96.6 Å². The zero-order chi connectivity index (χ0) is 11.4. The lowest BCUT2D eigenvalue weighted by atomic mass is 10.0. The first-order valence-corrected chi connectivity index (χ1v) is 5.50. The summed E-state index contributed by atoms with van der Waals surface area (Å²) in [6.45, 7) is 3.44. The molecule has 0 spiro atoms. The van der Waals surface area contributed by atoms with E-state index in [-0.39, 0.29) is 5.92 Å². The van der Waals surface area contributed by atoms with Crippen LogP contribution in [0.2, 0.25) is 0 Å². The molecule has 1 nitrogen and oxygen atoms in total. The van der Waals surface area contributed by atoms with Crippen LogP contribution in [-0.4, -0.2) is 13.0 Å². The van der Waals surface area contributed by atoms with Gasteiger partial charge in [-0.2, -0.15) is 0 Å². The molecule has 1 rings (SSSR count). The largest absolute Gasteiger partial charge is 0.487 e. The van der Waals surface area contributed by atoms with E-state index in [9.17, 15) is 8.78 Å². The Hall–Kier alpha value is -0.640. The van der Waals surface area contributed by atoms with E-state index in [1.807, 2.05) is 19.9 Å². The van der Waals surface area contributed by atoms with Crippen molar-refractivity contribution in [2.45, 2.75) is 26.2 Å². The third-order valence-electron chi connectivity index (χ3n) is 1.96. The van der Waals surface area contributed by atoms with Gasteiger partial charge in [0.05, 0.1) is 0 Å².